The number of carbonyl (C=O) groups excluding carboxylic acids is 1. The first-order chi connectivity index (χ1) is 7.10. The van der Waals surface area contributed by atoms with Gasteiger partial charge in [0.15, 0.2) is 9.84 Å². The van der Waals surface area contributed by atoms with Gasteiger partial charge in [0, 0.05) is 0 Å². The molecule has 0 aliphatic heterocycles. The molecule has 0 heterocycles. The molecule has 0 aliphatic rings. The summed E-state index contributed by atoms with van der Waals surface area (Å²) in [7, 11) is -2.78. The topological polar surface area (TPSA) is 77.2 Å². The Morgan fingerprint density at radius 1 is 1.19 bits per heavy atom. The summed E-state index contributed by atoms with van der Waals surface area (Å²) in [6, 6.07) is 0. The number of amides is 1. The first-order valence-electron chi connectivity index (χ1n) is 5.23. The SMILES string of the molecule is C=CC(N)=O.CC(C)CS(=O)(=O)CC(C)C. The number of hydrogen-bond acceptors (Lipinski definition) is 3. The minimum atomic E-state index is -2.78. The predicted octanol–water partition coefficient (Wildman–Crippen LogP) is 1.37. The Kier molecular flexibility index (Phi) is 9.14. The highest BCUT2D eigenvalue weighted by Crippen LogP contribution is 2.05. The van der Waals surface area contributed by atoms with Gasteiger partial charge in [-0.15, -0.1) is 0 Å². The summed E-state index contributed by atoms with van der Waals surface area (Å²) in [5.74, 6) is 0.665. The summed E-state index contributed by atoms with van der Waals surface area (Å²) >= 11 is 0. The van der Waals surface area contributed by atoms with Crippen molar-refractivity contribution in [2.45, 2.75) is 27.7 Å². The van der Waals surface area contributed by atoms with E-state index in [1.54, 1.807) is 0 Å². The predicted molar refractivity (Wildman–Crippen MR) is 67.7 cm³/mol. The zero-order valence-corrected chi connectivity index (χ0v) is 11.4. The average Bonchev–Trinajstić information content (AvgIpc) is 1.99. The fourth-order valence-electron chi connectivity index (χ4n) is 1.08. The van der Waals surface area contributed by atoms with Crippen molar-refractivity contribution < 1.29 is 13.2 Å². The van der Waals surface area contributed by atoms with Crippen LogP contribution in [0, 0.1) is 11.8 Å². The molecule has 16 heavy (non-hydrogen) atoms. The summed E-state index contributed by atoms with van der Waals surface area (Å²) < 4.78 is 22.5. The van der Waals surface area contributed by atoms with Gasteiger partial charge < -0.3 is 5.73 Å². The molecule has 0 radical (unpaired) electrons. The van der Waals surface area contributed by atoms with E-state index < -0.39 is 15.7 Å². The van der Waals surface area contributed by atoms with E-state index in [1.807, 2.05) is 27.7 Å². The first kappa shape index (κ1) is 17.6. The molecular weight excluding hydrogens is 226 g/mol. The van der Waals surface area contributed by atoms with Crippen LogP contribution >= 0.6 is 0 Å². The summed E-state index contributed by atoms with van der Waals surface area (Å²) in [6.45, 7) is 10.8. The Morgan fingerprint density at radius 3 is 1.56 bits per heavy atom. The largest absolute Gasteiger partial charge is 0.366 e. The standard InChI is InChI=1S/C8H18O2S.C3H5NO/c1-7(2)5-11(9,10)6-8(3)4;1-2-3(4)5/h7-8H,5-6H2,1-4H3;2H,1H2,(H2,4,5). The van der Waals surface area contributed by atoms with Crippen molar-refractivity contribution in [2.24, 2.45) is 17.6 Å². The van der Waals surface area contributed by atoms with E-state index in [0.717, 1.165) is 6.08 Å². The van der Waals surface area contributed by atoms with Crippen LogP contribution in [0.3, 0.4) is 0 Å². The van der Waals surface area contributed by atoms with Crippen LogP contribution in [0.25, 0.3) is 0 Å². The monoisotopic (exact) mass is 249 g/mol. The van der Waals surface area contributed by atoms with Crippen molar-refractivity contribution >= 4 is 15.7 Å². The Hall–Kier alpha value is -0.840. The van der Waals surface area contributed by atoms with Crippen LogP contribution in [0.5, 0.6) is 0 Å². The van der Waals surface area contributed by atoms with Gasteiger partial charge in [0.25, 0.3) is 0 Å². The van der Waals surface area contributed by atoms with Crippen LogP contribution in [-0.2, 0) is 14.6 Å². The molecule has 0 aromatic carbocycles. The van der Waals surface area contributed by atoms with Gasteiger partial charge in [-0.3, -0.25) is 4.79 Å². The van der Waals surface area contributed by atoms with E-state index in [-0.39, 0.29) is 11.8 Å². The van der Waals surface area contributed by atoms with Gasteiger partial charge in [0.1, 0.15) is 0 Å². The number of hydrogen-bond donors (Lipinski definition) is 1. The van der Waals surface area contributed by atoms with Crippen LogP contribution < -0.4 is 5.73 Å². The lowest BCUT2D eigenvalue weighted by Crippen LogP contribution is -2.18. The van der Waals surface area contributed by atoms with Crippen molar-refractivity contribution in [2.75, 3.05) is 11.5 Å². The van der Waals surface area contributed by atoms with Crippen LogP contribution in [0.1, 0.15) is 27.7 Å². The fraction of sp³-hybridized carbons (Fsp3) is 0.727. The van der Waals surface area contributed by atoms with Gasteiger partial charge in [0.05, 0.1) is 11.5 Å². The molecule has 0 aromatic heterocycles. The lowest BCUT2D eigenvalue weighted by molar-refractivity contribution is -0.113. The summed E-state index contributed by atoms with van der Waals surface area (Å²) in [4.78, 5) is 9.47. The maximum atomic E-state index is 11.3. The Labute approximate surface area is 98.8 Å². The molecule has 0 bridgehead atoms. The molecule has 96 valence electrons. The van der Waals surface area contributed by atoms with Gasteiger partial charge in [-0.1, -0.05) is 34.3 Å². The maximum Gasteiger partial charge on any atom is 0.240 e. The Morgan fingerprint density at radius 2 is 1.44 bits per heavy atom. The van der Waals surface area contributed by atoms with Gasteiger partial charge in [0.2, 0.25) is 5.91 Å². The molecule has 5 heteroatoms. The quantitative estimate of drug-likeness (QED) is 0.748. The summed E-state index contributed by atoms with van der Waals surface area (Å²) in [5, 5.41) is 0. The van der Waals surface area contributed by atoms with E-state index in [9.17, 15) is 13.2 Å². The summed E-state index contributed by atoms with van der Waals surface area (Å²) in [5.41, 5.74) is 4.53. The number of rotatable bonds is 5. The molecule has 0 atom stereocenters. The van der Waals surface area contributed by atoms with Crippen molar-refractivity contribution in [3.63, 3.8) is 0 Å². The molecule has 0 saturated carbocycles. The normalized spacial score (nSPS) is 10.9. The molecule has 0 aliphatic carbocycles. The molecular formula is C11H23NO3S. The van der Waals surface area contributed by atoms with E-state index in [4.69, 9.17) is 0 Å². The second-order valence-corrected chi connectivity index (χ2v) is 6.62. The minimum absolute atomic E-state index is 0.249. The molecule has 4 nitrogen and oxygen atoms in total. The number of carbonyl (C=O) groups is 1. The second-order valence-electron chi connectivity index (χ2n) is 4.47. The number of primary amides is 1. The Bertz CT molecular complexity index is 289. The van der Waals surface area contributed by atoms with Crippen LogP contribution in [0.15, 0.2) is 12.7 Å². The molecule has 0 aromatic rings. The van der Waals surface area contributed by atoms with E-state index in [0.29, 0.717) is 11.5 Å². The second kappa shape index (κ2) is 8.33. The molecule has 0 saturated heterocycles. The molecule has 2 N–H and O–H groups in total. The highest BCUT2D eigenvalue weighted by atomic mass is 32.2. The van der Waals surface area contributed by atoms with Crippen LogP contribution in [0.4, 0.5) is 0 Å². The van der Waals surface area contributed by atoms with Crippen molar-refractivity contribution in [3.8, 4) is 0 Å². The van der Waals surface area contributed by atoms with Gasteiger partial charge >= 0.3 is 0 Å². The lowest BCUT2D eigenvalue weighted by atomic mass is 10.3. The molecule has 0 rings (SSSR count). The molecule has 0 unspecified atom stereocenters. The van der Waals surface area contributed by atoms with Crippen molar-refractivity contribution in [1.29, 1.82) is 0 Å². The minimum Gasteiger partial charge on any atom is -0.366 e. The van der Waals surface area contributed by atoms with E-state index in [2.05, 4.69) is 12.3 Å². The van der Waals surface area contributed by atoms with E-state index >= 15 is 0 Å². The highest BCUT2D eigenvalue weighted by molar-refractivity contribution is 7.91. The number of sulfone groups is 1. The maximum absolute atomic E-state index is 11.3. The van der Waals surface area contributed by atoms with Crippen LogP contribution in [-0.4, -0.2) is 25.8 Å². The van der Waals surface area contributed by atoms with Crippen molar-refractivity contribution in [1.82, 2.24) is 0 Å². The van der Waals surface area contributed by atoms with Crippen LogP contribution in [0.2, 0.25) is 0 Å². The smallest absolute Gasteiger partial charge is 0.240 e. The average molecular weight is 249 g/mol. The fourth-order valence-corrected chi connectivity index (χ4v) is 3.25. The highest BCUT2D eigenvalue weighted by Gasteiger charge is 2.14. The molecule has 0 fully saturated rings. The summed E-state index contributed by atoms with van der Waals surface area (Å²) in [6.07, 6.45) is 1.06. The zero-order valence-electron chi connectivity index (χ0n) is 10.6. The molecule has 0 spiro atoms. The Balaban J connectivity index is 0. The zero-order chi connectivity index (χ0) is 13.4. The molecule has 1 amide bonds. The van der Waals surface area contributed by atoms with E-state index in [1.165, 1.54) is 0 Å². The van der Waals surface area contributed by atoms with Gasteiger partial charge in [-0.25, -0.2) is 8.42 Å². The third-order valence-corrected chi connectivity index (χ3v) is 3.72. The third-order valence-electron chi connectivity index (χ3n) is 1.38. The van der Waals surface area contributed by atoms with Crippen molar-refractivity contribution in [3.05, 3.63) is 12.7 Å². The lowest BCUT2D eigenvalue weighted by Gasteiger charge is -2.08. The third kappa shape index (κ3) is 15.6. The van der Waals surface area contributed by atoms with Gasteiger partial charge in [-0.2, -0.15) is 0 Å². The first-order valence-corrected chi connectivity index (χ1v) is 7.05. The number of nitrogens with two attached hydrogens (primary N) is 1. The van der Waals surface area contributed by atoms with Gasteiger partial charge in [-0.05, 0) is 17.9 Å².